The summed E-state index contributed by atoms with van der Waals surface area (Å²) >= 11 is 6.09. The first-order valence-electron chi connectivity index (χ1n) is 10.6. The third kappa shape index (κ3) is 5.51. The van der Waals surface area contributed by atoms with Crippen LogP contribution in [0.25, 0.3) is 0 Å². The van der Waals surface area contributed by atoms with Gasteiger partial charge in [-0.05, 0) is 61.8 Å². The standard InChI is InChI=1S/C26H34ClNO/c1-20(2)18-24(19-25(3,4)21-10-12-23(27)13-11-21)28-16-14-26(29,15-17-28)22-8-6-5-7-9-22/h5-13,18,24,29H,14-17,19H2,1-4H3. The number of piperidine rings is 1. The summed E-state index contributed by atoms with van der Waals surface area (Å²) in [4.78, 5) is 2.54. The second-order valence-electron chi connectivity index (χ2n) is 9.34. The van der Waals surface area contributed by atoms with Gasteiger partial charge in [0.15, 0.2) is 0 Å². The van der Waals surface area contributed by atoms with E-state index in [1.165, 1.54) is 11.1 Å². The number of rotatable bonds is 6. The summed E-state index contributed by atoms with van der Waals surface area (Å²) < 4.78 is 0. The van der Waals surface area contributed by atoms with Gasteiger partial charge >= 0.3 is 0 Å². The highest BCUT2D eigenvalue weighted by atomic mass is 35.5. The van der Waals surface area contributed by atoms with E-state index in [4.69, 9.17) is 11.6 Å². The van der Waals surface area contributed by atoms with Gasteiger partial charge in [0.25, 0.3) is 0 Å². The van der Waals surface area contributed by atoms with Crippen molar-refractivity contribution in [1.29, 1.82) is 0 Å². The predicted octanol–water partition coefficient (Wildman–Crippen LogP) is 6.33. The number of aliphatic hydroxyl groups is 1. The molecule has 2 aromatic carbocycles. The molecule has 0 spiro atoms. The van der Waals surface area contributed by atoms with Gasteiger partial charge in [0.05, 0.1) is 5.60 Å². The first kappa shape index (κ1) is 22.1. The molecule has 3 rings (SSSR count). The van der Waals surface area contributed by atoms with Crippen LogP contribution >= 0.6 is 11.6 Å². The minimum atomic E-state index is -0.709. The lowest BCUT2D eigenvalue weighted by Crippen LogP contribution is -2.48. The molecule has 156 valence electrons. The van der Waals surface area contributed by atoms with Crippen LogP contribution in [0, 0.1) is 0 Å². The molecule has 1 aliphatic heterocycles. The van der Waals surface area contributed by atoms with E-state index in [0.717, 1.165) is 42.9 Å². The maximum absolute atomic E-state index is 11.2. The highest BCUT2D eigenvalue weighted by Crippen LogP contribution is 2.36. The van der Waals surface area contributed by atoms with E-state index in [9.17, 15) is 5.11 Å². The van der Waals surface area contributed by atoms with Crippen LogP contribution < -0.4 is 0 Å². The van der Waals surface area contributed by atoms with Gasteiger partial charge in [0, 0.05) is 24.2 Å². The van der Waals surface area contributed by atoms with E-state index in [-0.39, 0.29) is 5.41 Å². The third-order valence-corrected chi connectivity index (χ3v) is 6.53. The molecule has 1 fully saturated rings. The van der Waals surface area contributed by atoms with Gasteiger partial charge in [-0.1, -0.05) is 79.6 Å². The Morgan fingerprint density at radius 1 is 1.07 bits per heavy atom. The van der Waals surface area contributed by atoms with Crippen molar-refractivity contribution < 1.29 is 5.11 Å². The molecule has 1 N–H and O–H groups in total. The van der Waals surface area contributed by atoms with Gasteiger partial charge in [-0.25, -0.2) is 0 Å². The molecule has 0 aliphatic carbocycles. The number of hydrogen-bond acceptors (Lipinski definition) is 2. The maximum Gasteiger partial charge on any atom is 0.0920 e. The van der Waals surface area contributed by atoms with Crippen molar-refractivity contribution in [3.8, 4) is 0 Å². The molecule has 0 bridgehead atoms. The van der Waals surface area contributed by atoms with E-state index in [1.54, 1.807) is 0 Å². The van der Waals surface area contributed by atoms with Crippen LogP contribution in [0.5, 0.6) is 0 Å². The van der Waals surface area contributed by atoms with Crippen LogP contribution in [0.1, 0.15) is 58.1 Å². The fraction of sp³-hybridized carbons (Fsp3) is 0.462. The molecular formula is C26H34ClNO. The number of benzene rings is 2. The van der Waals surface area contributed by atoms with Gasteiger partial charge in [-0.3, -0.25) is 4.90 Å². The second kappa shape index (κ2) is 9.04. The third-order valence-electron chi connectivity index (χ3n) is 6.28. The molecule has 3 heteroatoms. The van der Waals surface area contributed by atoms with Gasteiger partial charge in [-0.2, -0.15) is 0 Å². The highest BCUT2D eigenvalue weighted by molar-refractivity contribution is 6.30. The molecule has 0 amide bonds. The Bertz CT molecular complexity index is 814. The van der Waals surface area contributed by atoms with Gasteiger partial charge in [0.2, 0.25) is 0 Å². The van der Waals surface area contributed by atoms with Gasteiger partial charge < -0.3 is 5.11 Å². The van der Waals surface area contributed by atoms with E-state index in [1.807, 2.05) is 42.5 Å². The molecule has 1 aliphatic rings. The molecule has 0 radical (unpaired) electrons. The second-order valence-corrected chi connectivity index (χ2v) is 9.78. The summed E-state index contributed by atoms with van der Waals surface area (Å²) in [5.74, 6) is 0. The molecule has 1 saturated heterocycles. The minimum Gasteiger partial charge on any atom is -0.385 e. The summed E-state index contributed by atoms with van der Waals surface area (Å²) in [6.07, 6.45) is 4.96. The lowest BCUT2D eigenvalue weighted by molar-refractivity contribution is -0.0334. The van der Waals surface area contributed by atoms with Gasteiger partial charge in [-0.15, -0.1) is 0 Å². The molecule has 1 unspecified atom stereocenters. The van der Waals surface area contributed by atoms with Crippen molar-refractivity contribution >= 4 is 11.6 Å². The summed E-state index contributed by atoms with van der Waals surface area (Å²) in [7, 11) is 0. The van der Waals surface area contributed by atoms with Crippen LogP contribution in [-0.4, -0.2) is 29.1 Å². The average Bonchev–Trinajstić information content (AvgIpc) is 2.68. The SMILES string of the molecule is CC(C)=CC(CC(C)(C)c1ccc(Cl)cc1)N1CCC(O)(c2ccccc2)CC1. The fourth-order valence-corrected chi connectivity index (χ4v) is 4.61. The number of halogens is 1. The molecule has 0 saturated carbocycles. The van der Waals surface area contributed by atoms with Crippen molar-refractivity contribution in [2.24, 2.45) is 0 Å². The minimum absolute atomic E-state index is 0.0361. The topological polar surface area (TPSA) is 23.5 Å². The Hall–Kier alpha value is -1.61. The maximum atomic E-state index is 11.2. The average molecular weight is 412 g/mol. The Morgan fingerprint density at radius 3 is 2.21 bits per heavy atom. The van der Waals surface area contributed by atoms with Crippen molar-refractivity contribution in [3.63, 3.8) is 0 Å². The molecule has 2 nitrogen and oxygen atoms in total. The normalized spacial score (nSPS) is 18.3. The smallest absolute Gasteiger partial charge is 0.0920 e. The van der Waals surface area contributed by atoms with Crippen LogP contribution in [-0.2, 0) is 11.0 Å². The summed E-state index contributed by atoms with van der Waals surface area (Å²) in [6, 6.07) is 18.7. The monoisotopic (exact) mass is 411 g/mol. The van der Waals surface area contributed by atoms with Crippen molar-refractivity contribution in [2.45, 2.75) is 64.0 Å². The van der Waals surface area contributed by atoms with Crippen molar-refractivity contribution in [2.75, 3.05) is 13.1 Å². The Morgan fingerprint density at radius 2 is 1.66 bits per heavy atom. The Labute approximate surface area is 181 Å². The van der Waals surface area contributed by atoms with E-state index < -0.39 is 5.60 Å². The number of nitrogens with zero attached hydrogens (tertiary/aromatic N) is 1. The number of allylic oxidation sites excluding steroid dienone is 1. The van der Waals surface area contributed by atoms with Crippen LogP contribution in [0.15, 0.2) is 66.2 Å². The molecule has 1 heterocycles. The molecule has 2 aromatic rings. The molecule has 0 aromatic heterocycles. The lowest BCUT2D eigenvalue weighted by atomic mass is 9.77. The largest absolute Gasteiger partial charge is 0.385 e. The van der Waals surface area contributed by atoms with Crippen LogP contribution in [0.4, 0.5) is 0 Å². The Balaban J connectivity index is 1.75. The molecule has 29 heavy (non-hydrogen) atoms. The van der Waals surface area contributed by atoms with Crippen molar-refractivity contribution in [1.82, 2.24) is 4.90 Å². The number of likely N-dealkylation sites (tertiary alicyclic amines) is 1. The summed E-state index contributed by atoms with van der Waals surface area (Å²) in [5, 5.41) is 12.0. The first-order chi connectivity index (χ1) is 13.7. The zero-order valence-electron chi connectivity index (χ0n) is 18.2. The van der Waals surface area contributed by atoms with E-state index in [0.29, 0.717) is 6.04 Å². The fourth-order valence-electron chi connectivity index (χ4n) is 4.48. The number of hydrogen-bond donors (Lipinski definition) is 1. The zero-order valence-corrected chi connectivity index (χ0v) is 18.9. The predicted molar refractivity (Wildman–Crippen MR) is 123 cm³/mol. The van der Waals surface area contributed by atoms with E-state index in [2.05, 4.69) is 50.8 Å². The highest BCUT2D eigenvalue weighted by Gasteiger charge is 2.37. The van der Waals surface area contributed by atoms with Crippen molar-refractivity contribution in [3.05, 3.63) is 82.4 Å². The summed E-state index contributed by atoms with van der Waals surface area (Å²) in [6.45, 7) is 10.8. The quantitative estimate of drug-likeness (QED) is 0.561. The van der Waals surface area contributed by atoms with Gasteiger partial charge in [0.1, 0.15) is 0 Å². The van der Waals surface area contributed by atoms with Crippen LogP contribution in [0.3, 0.4) is 0 Å². The molecular weight excluding hydrogens is 378 g/mol. The zero-order chi connectivity index (χ0) is 21.1. The Kier molecular flexibility index (Phi) is 6.88. The summed E-state index contributed by atoms with van der Waals surface area (Å²) in [5.41, 5.74) is 3.02. The van der Waals surface area contributed by atoms with Crippen LogP contribution in [0.2, 0.25) is 5.02 Å². The molecule has 1 atom stereocenters. The lowest BCUT2D eigenvalue weighted by Gasteiger charge is -2.43. The van der Waals surface area contributed by atoms with E-state index >= 15 is 0 Å². The first-order valence-corrected chi connectivity index (χ1v) is 11.0.